The van der Waals surface area contributed by atoms with Gasteiger partial charge in [-0.15, -0.1) is 0 Å². The first kappa shape index (κ1) is 17.6. The zero-order chi connectivity index (χ0) is 16.1. The van der Waals surface area contributed by atoms with E-state index in [4.69, 9.17) is 0 Å². The van der Waals surface area contributed by atoms with Crippen LogP contribution in [-0.4, -0.2) is 99.8 Å². The van der Waals surface area contributed by atoms with E-state index >= 15 is 0 Å². The van der Waals surface area contributed by atoms with E-state index in [0.29, 0.717) is 0 Å². The predicted octanol–water partition coefficient (Wildman–Crippen LogP) is 0.286. The Kier molecular flexibility index (Phi) is 6.72. The summed E-state index contributed by atoms with van der Waals surface area (Å²) < 4.78 is 0. The number of likely N-dealkylation sites (tertiary alicyclic amines) is 1. The Morgan fingerprint density at radius 3 is 2.61 bits per heavy atom. The van der Waals surface area contributed by atoms with Gasteiger partial charge >= 0.3 is 0 Å². The van der Waals surface area contributed by atoms with Crippen molar-refractivity contribution in [2.45, 2.75) is 37.8 Å². The molecule has 2 N–H and O–H groups in total. The average Bonchev–Trinajstić information content (AvgIpc) is 2.85. The van der Waals surface area contributed by atoms with Crippen molar-refractivity contribution in [3.05, 3.63) is 0 Å². The number of rotatable bonds is 4. The summed E-state index contributed by atoms with van der Waals surface area (Å²) in [6.45, 7) is 11.1. The molecular formula is C18H37N5. The van der Waals surface area contributed by atoms with Gasteiger partial charge in [-0.3, -0.25) is 4.90 Å². The molecule has 0 spiro atoms. The SMILES string of the molecule is CN1CCC(N(C)CC2CCNCC2N2CCCNCC2)CC1. The molecule has 0 radical (unpaired) electrons. The molecule has 3 heterocycles. The molecule has 0 bridgehead atoms. The van der Waals surface area contributed by atoms with Gasteiger partial charge < -0.3 is 20.4 Å². The summed E-state index contributed by atoms with van der Waals surface area (Å²) in [5.74, 6) is 0.832. The van der Waals surface area contributed by atoms with Crippen molar-refractivity contribution in [1.29, 1.82) is 0 Å². The van der Waals surface area contributed by atoms with E-state index in [2.05, 4.69) is 39.4 Å². The van der Waals surface area contributed by atoms with E-state index in [1.54, 1.807) is 0 Å². The summed E-state index contributed by atoms with van der Waals surface area (Å²) in [7, 11) is 4.63. The van der Waals surface area contributed by atoms with Crippen molar-refractivity contribution in [3.8, 4) is 0 Å². The lowest BCUT2D eigenvalue weighted by atomic mass is 9.89. The van der Waals surface area contributed by atoms with Gasteiger partial charge in [0.25, 0.3) is 0 Å². The van der Waals surface area contributed by atoms with Crippen molar-refractivity contribution in [2.75, 3.05) is 73.0 Å². The summed E-state index contributed by atoms with van der Waals surface area (Å²) in [5.41, 5.74) is 0. The quantitative estimate of drug-likeness (QED) is 0.777. The molecule has 2 atom stereocenters. The van der Waals surface area contributed by atoms with E-state index in [1.807, 2.05) is 0 Å². The minimum Gasteiger partial charge on any atom is -0.315 e. The average molecular weight is 324 g/mol. The van der Waals surface area contributed by atoms with Gasteiger partial charge in [0.1, 0.15) is 0 Å². The minimum absolute atomic E-state index is 0.734. The van der Waals surface area contributed by atoms with Crippen molar-refractivity contribution in [1.82, 2.24) is 25.3 Å². The van der Waals surface area contributed by atoms with Gasteiger partial charge in [-0.1, -0.05) is 0 Å². The molecule has 3 rings (SSSR count). The minimum atomic E-state index is 0.734. The third kappa shape index (κ3) is 4.89. The maximum atomic E-state index is 3.65. The van der Waals surface area contributed by atoms with Crippen LogP contribution in [0.25, 0.3) is 0 Å². The molecule has 3 aliphatic heterocycles. The van der Waals surface area contributed by atoms with Crippen LogP contribution in [0.15, 0.2) is 0 Å². The van der Waals surface area contributed by atoms with Crippen LogP contribution in [0.5, 0.6) is 0 Å². The Morgan fingerprint density at radius 2 is 1.78 bits per heavy atom. The Bertz CT molecular complexity index is 334. The van der Waals surface area contributed by atoms with E-state index < -0.39 is 0 Å². The van der Waals surface area contributed by atoms with E-state index in [-0.39, 0.29) is 0 Å². The fourth-order valence-corrected chi connectivity index (χ4v) is 4.69. The second-order valence-corrected chi connectivity index (χ2v) is 7.93. The molecule has 23 heavy (non-hydrogen) atoms. The Balaban J connectivity index is 1.55. The van der Waals surface area contributed by atoms with Crippen LogP contribution in [0.4, 0.5) is 0 Å². The highest BCUT2D eigenvalue weighted by Gasteiger charge is 2.32. The number of nitrogens with one attached hydrogen (secondary N) is 2. The van der Waals surface area contributed by atoms with Gasteiger partial charge in [0.05, 0.1) is 0 Å². The van der Waals surface area contributed by atoms with Crippen molar-refractivity contribution in [3.63, 3.8) is 0 Å². The Hall–Kier alpha value is -0.200. The molecule has 0 saturated carbocycles. The van der Waals surface area contributed by atoms with Crippen LogP contribution in [0.1, 0.15) is 25.7 Å². The maximum absolute atomic E-state index is 3.65. The first-order valence-corrected chi connectivity index (χ1v) is 9.78. The Labute approximate surface area is 142 Å². The lowest BCUT2D eigenvalue weighted by Gasteiger charge is -2.43. The summed E-state index contributed by atoms with van der Waals surface area (Å²) in [6.07, 6.45) is 5.33. The number of nitrogens with zero attached hydrogens (tertiary/aromatic N) is 3. The largest absolute Gasteiger partial charge is 0.315 e. The first-order valence-electron chi connectivity index (χ1n) is 9.78. The molecule has 0 aromatic carbocycles. The molecule has 3 saturated heterocycles. The van der Waals surface area contributed by atoms with Gasteiger partial charge in [0, 0.05) is 38.3 Å². The van der Waals surface area contributed by atoms with Gasteiger partial charge in [-0.2, -0.15) is 0 Å². The van der Waals surface area contributed by atoms with Crippen LogP contribution < -0.4 is 10.6 Å². The zero-order valence-electron chi connectivity index (χ0n) is 15.3. The second-order valence-electron chi connectivity index (χ2n) is 7.93. The maximum Gasteiger partial charge on any atom is 0.0262 e. The molecule has 0 aromatic heterocycles. The molecule has 3 fully saturated rings. The smallest absolute Gasteiger partial charge is 0.0262 e. The normalized spacial score (nSPS) is 33.0. The standard InChI is InChI=1S/C18H37N5/c1-21-11-5-17(6-12-21)22(2)15-16-4-8-20-14-18(16)23-10-3-7-19-9-13-23/h16-20H,3-15H2,1-2H3. The number of piperidine rings is 2. The molecule has 0 amide bonds. The number of hydrogen-bond donors (Lipinski definition) is 2. The molecule has 2 unspecified atom stereocenters. The van der Waals surface area contributed by atoms with E-state index in [0.717, 1.165) is 24.5 Å². The predicted molar refractivity (Wildman–Crippen MR) is 97.0 cm³/mol. The van der Waals surface area contributed by atoms with Gasteiger partial charge in [0.2, 0.25) is 0 Å². The van der Waals surface area contributed by atoms with Crippen LogP contribution in [-0.2, 0) is 0 Å². The van der Waals surface area contributed by atoms with E-state index in [9.17, 15) is 0 Å². The van der Waals surface area contributed by atoms with Gasteiger partial charge in [0.15, 0.2) is 0 Å². The van der Waals surface area contributed by atoms with E-state index in [1.165, 1.54) is 78.0 Å². The monoisotopic (exact) mass is 323 g/mol. The summed E-state index contributed by atoms with van der Waals surface area (Å²) in [5, 5.41) is 7.20. The third-order valence-corrected chi connectivity index (χ3v) is 6.27. The molecule has 5 heteroatoms. The highest BCUT2D eigenvalue weighted by molar-refractivity contribution is 4.89. The number of hydrogen-bond acceptors (Lipinski definition) is 5. The highest BCUT2D eigenvalue weighted by atomic mass is 15.2. The Morgan fingerprint density at radius 1 is 0.957 bits per heavy atom. The molecule has 5 nitrogen and oxygen atoms in total. The third-order valence-electron chi connectivity index (χ3n) is 6.27. The van der Waals surface area contributed by atoms with Crippen LogP contribution in [0.2, 0.25) is 0 Å². The fraction of sp³-hybridized carbons (Fsp3) is 1.00. The zero-order valence-corrected chi connectivity index (χ0v) is 15.3. The summed E-state index contributed by atoms with van der Waals surface area (Å²) >= 11 is 0. The molecular weight excluding hydrogens is 286 g/mol. The fourth-order valence-electron chi connectivity index (χ4n) is 4.69. The summed E-state index contributed by atoms with van der Waals surface area (Å²) in [4.78, 5) is 7.92. The van der Waals surface area contributed by atoms with Crippen LogP contribution >= 0.6 is 0 Å². The van der Waals surface area contributed by atoms with Gasteiger partial charge in [-0.05, 0) is 78.4 Å². The lowest BCUT2D eigenvalue weighted by molar-refractivity contribution is 0.0701. The van der Waals surface area contributed by atoms with Crippen LogP contribution in [0.3, 0.4) is 0 Å². The topological polar surface area (TPSA) is 33.8 Å². The highest BCUT2D eigenvalue weighted by Crippen LogP contribution is 2.23. The molecule has 0 aromatic rings. The van der Waals surface area contributed by atoms with Crippen molar-refractivity contribution >= 4 is 0 Å². The lowest BCUT2D eigenvalue weighted by Crippen LogP contribution is -2.55. The van der Waals surface area contributed by atoms with Gasteiger partial charge in [-0.25, -0.2) is 0 Å². The van der Waals surface area contributed by atoms with Crippen LogP contribution in [0, 0.1) is 5.92 Å². The first-order chi connectivity index (χ1) is 11.2. The van der Waals surface area contributed by atoms with Crippen molar-refractivity contribution in [2.24, 2.45) is 5.92 Å². The molecule has 0 aliphatic carbocycles. The second kappa shape index (κ2) is 8.77. The molecule has 3 aliphatic rings. The molecule has 134 valence electrons. The summed E-state index contributed by atoms with van der Waals surface area (Å²) in [6, 6.07) is 1.53. The van der Waals surface area contributed by atoms with Crippen molar-refractivity contribution < 1.29 is 0 Å².